The Kier molecular flexibility index (Phi) is 7.13. The number of nitrogen functional groups attached to an aromatic ring is 1. The maximum Gasteiger partial charge on any atom is 0.261 e. The molecule has 2 aromatic rings. The molecule has 2 fully saturated rings. The lowest BCUT2D eigenvalue weighted by atomic mass is 9.93. The van der Waals surface area contributed by atoms with E-state index in [0.717, 1.165) is 25.7 Å². The van der Waals surface area contributed by atoms with Gasteiger partial charge in [0, 0.05) is 38.0 Å². The van der Waals surface area contributed by atoms with Crippen molar-refractivity contribution >= 4 is 34.9 Å². The maximum atomic E-state index is 13.5. The normalized spacial score (nSPS) is 23.4. The van der Waals surface area contributed by atoms with Gasteiger partial charge in [0.1, 0.15) is 17.2 Å². The number of aromatic nitrogens is 2. The molecule has 0 spiro atoms. The molecule has 2 unspecified atom stereocenters. The minimum absolute atomic E-state index is 0.00921. The predicted octanol–water partition coefficient (Wildman–Crippen LogP) is 4.10. The average molecular weight is 486 g/mol. The molecular formula is C25H29ClFN5O2. The highest BCUT2D eigenvalue weighted by Gasteiger charge is 2.44. The van der Waals surface area contributed by atoms with Crippen molar-refractivity contribution < 1.29 is 14.0 Å². The minimum Gasteiger partial charge on any atom is -0.383 e. The van der Waals surface area contributed by atoms with Crippen LogP contribution in [-0.4, -0.2) is 28.1 Å². The van der Waals surface area contributed by atoms with Gasteiger partial charge in [0.2, 0.25) is 5.91 Å². The zero-order chi connectivity index (χ0) is 24.4. The Bertz CT molecular complexity index is 1130. The molecule has 7 nitrogen and oxygen atoms in total. The lowest BCUT2D eigenvalue weighted by Gasteiger charge is -2.15. The van der Waals surface area contributed by atoms with Crippen LogP contribution in [0.4, 0.5) is 15.9 Å². The van der Waals surface area contributed by atoms with E-state index in [1.54, 1.807) is 7.05 Å². The van der Waals surface area contributed by atoms with E-state index in [-0.39, 0.29) is 22.8 Å². The molecular weight excluding hydrogens is 457 g/mol. The number of rotatable bonds is 7. The number of nitrogens with two attached hydrogens (primary N) is 1. The van der Waals surface area contributed by atoms with Crippen LogP contribution in [0, 0.1) is 35.9 Å². The predicted molar refractivity (Wildman–Crippen MR) is 130 cm³/mol. The van der Waals surface area contributed by atoms with Crippen LogP contribution >= 0.6 is 11.6 Å². The number of nitrogens with zero attached hydrogens (tertiary/aromatic N) is 2. The average Bonchev–Trinajstić information content (AvgIpc) is 3.45. The monoisotopic (exact) mass is 485 g/mol. The smallest absolute Gasteiger partial charge is 0.261 e. The highest BCUT2D eigenvalue weighted by atomic mass is 35.5. The van der Waals surface area contributed by atoms with Crippen molar-refractivity contribution in [2.24, 2.45) is 24.8 Å². The molecule has 4 rings (SSSR count). The molecule has 2 atom stereocenters. The summed E-state index contributed by atoms with van der Waals surface area (Å²) in [6.07, 6.45) is 10.0. The molecule has 0 aliphatic heterocycles. The van der Waals surface area contributed by atoms with Crippen LogP contribution in [-0.2, 0) is 11.8 Å². The first-order chi connectivity index (χ1) is 16.3. The summed E-state index contributed by atoms with van der Waals surface area (Å²) in [6, 6.07) is 4.03. The second-order valence-electron chi connectivity index (χ2n) is 9.39. The maximum absolute atomic E-state index is 13.5. The summed E-state index contributed by atoms with van der Waals surface area (Å²) in [7, 11) is 1.72. The van der Waals surface area contributed by atoms with E-state index in [0.29, 0.717) is 59.9 Å². The highest BCUT2D eigenvalue weighted by Crippen LogP contribution is 2.52. The molecule has 0 saturated heterocycles. The van der Waals surface area contributed by atoms with E-state index >= 15 is 0 Å². The summed E-state index contributed by atoms with van der Waals surface area (Å²) in [5.41, 5.74) is 7.68. The number of carbonyl (C=O) groups is 2. The van der Waals surface area contributed by atoms with Gasteiger partial charge in [0.05, 0.1) is 10.7 Å². The zero-order valence-electron chi connectivity index (χ0n) is 19.1. The van der Waals surface area contributed by atoms with Gasteiger partial charge >= 0.3 is 0 Å². The fourth-order valence-corrected chi connectivity index (χ4v) is 5.69. The van der Waals surface area contributed by atoms with Gasteiger partial charge < -0.3 is 16.4 Å². The highest BCUT2D eigenvalue weighted by molar-refractivity contribution is 6.31. The first-order valence-corrected chi connectivity index (χ1v) is 11.9. The van der Waals surface area contributed by atoms with Crippen LogP contribution in [0.15, 0.2) is 18.2 Å². The Hall–Kier alpha value is -3.05. The molecule has 4 N–H and O–H groups in total. The van der Waals surface area contributed by atoms with Gasteiger partial charge in [-0.05, 0) is 61.6 Å². The van der Waals surface area contributed by atoms with Crippen LogP contribution in [0.2, 0.25) is 5.02 Å². The number of nitrogens with one attached hydrogen (secondary N) is 2. The Morgan fingerprint density at radius 3 is 2.65 bits per heavy atom. The SMILES string of the molecule is C#CCCC(=O)NCC1CC2CC(c3nn(C)c(N)c3C(=O)Nc3ccc(F)c(Cl)c3)CC2C1. The van der Waals surface area contributed by atoms with E-state index < -0.39 is 5.82 Å². The van der Waals surface area contributed by atoms with Crippen LogP contribution in [0.1, 0.15) is 60.5 Å². The number of hydrogen-bond donors (Lipinski definition) is 3. The zero-order valence-corrected chi connectivity index (χ0v) is 19.9. The van der Waals surface area contributed by atoms with Gasteiger partial charge in [-0.3, -0.25) is 14.3 Å². The fraction of sp³-hybridized carbons (Fsp3) is 0.480. The molecule has 0 radical (unpaired) electrons. The Labute approximate surface area is 203 Å². The van der Waals surface area contributed by atoms with E-state index in [4.69, 9.17) is 23.8 Å². The van der Waals surface area contributed by atoms with Crippen molar-refractivity contribution in [3.63, 3.8) is 0 Å². The fourth-order valence-electron chi connectivity index (χ4n) is 5.51. The number of aryl methyl sites for hydroxylation is 1. The third kappa shape index (κ3) is 5.05. The summed E-state index contributed by atoms with van der Waals surface area (Å²) in [5.74, 6) is 3.54. The third-order valence-electron chi connectivity index (χ3n) is 7.11. The summed E-state index contributed by atoms with van der Waals surface area (Å²) in [5, 5.41) is 10.3. The van der Waals surface area contributed by atoms with Crippen LogP contribution < -0.4 is 16.4 Å². The largest absolute Gasteiger partial charge is 0.383 e. The van der Waals surface area contributed by atoms with Crippen LogP contribution in [0.5, 0.6) is 0 Å². The number of amides is 2. The molecule has 34 heavy (non-hydrogen) atoms. The summed E-state index contributed by atoms with van der Waals surface area (Å²) < 4.78 is 15.0. The number of hydrogen-bond acceptors (Lipinski definition) is 4. The van der Waals surface area contributed by atoms with E-state index in [1.807, 2.05) is 0 Å². The molecule has 9 heteroatoms. The standard InChI is InChI=1S/C25H29ClFN5O2/c1-3-4-5-21(33)29-13-14-8-15-10-17(11-16(15)9-14)23-22(24(28)32(2)31-23)25(34)30-18-6-7-20(27)19(26)12-18/h1,6-7,12,14-17H,4-5,8-11,13,28H2,2H3,(H,29,33)(H,30,34). The van der Waals surface area contributed by atoms with E-state index in [2.05, 4.69) is 21.7 Å². The third-order valence-corrected chi connectivity index (χ3v) is 7.40. The van der Waals surface area contributed by atoms with Gasteiger partial charge in [-0.25, -0.2) is 4.39 Å². The van der Waals surface area contributed by atoms with Crippen LogP contribution in [0.25, 0.3) is 0 Å². The van der Waals surface area contributed by atoms with Gasteiger partial charge in [-0.2, -0.15) is 5.10 Å². The number of carbonyl (C=O) groups excluding carboxylic acids is 2. The van der Waals surface area contributed by atoms with Crippen molar-refractivity contribution in [2.75, 3.05) is 17.6 Å². The second kappa shape index (κ2) is 10.1. The van der Waals surface area contributed by atoms with Crippen molar-refractivity contribution in [1.82, 2.24) is 15.1 Å². The second-order valence-corrected chi connectivity index (χ2v) is 9.79. The summed E-state index contributed by atoms with van der Waals surface area (Å²) in [6.45, 7) is 0.686. The number of benzene rings is 1. The molecule has 2 amide bonds. The van der Waals surface area contributed by atoms with Crippen LogP contribution in [0.3, 0.4) is 0 Å². The summed E-state index contributed by atoms with van der Waals surface area (Å²) >= 11 is 5.84. The van der Waals surface area contributed by atoms with Crippen molar-refractivity contribution in [2.45, 2.75) is 44.4 Å². The Morgan fingerprint density at radius 1 is 1.29 bits per heavy atom. The molecule has 2 aliphatic rings. The molecule has 1 aromatic heterocycles. The first-order valence-electron chi connectivity index (χ1n) is 11.6. The lowest BCUT2D eigenvalue weighted by Crippen LogP contribution is -2.28. The molecule has 1 heterocycles. The first kappa shape index (κ1) is 24.1. The lowest BCUT2D eigenvalue weighted by molar-refractivity contribution is -0.121. The van der Waals surface area contributed by atoms with Gasteiger partial charge in [0.15, 0.2) is 0 Å². The quantitative estimate of drug-likeness (QED) is 0.514. The number of terminal acetylenes is 1. The van der Waals surface area contributed by atoms with Gasteiger partial charge in [-0.1, -0.05) is 11.6 Å². The van der Waals surface area contributed by atoms with Gasteiger partial charge in [-0.15, -0.1) is 12.3 Å². The molecule has 180 valence electrons. The Balaban J connectivity index is 1.40. The molecule has 2 aliphatic carbocycles. The molecule has 1 aromatic carbocycles. The topological polar surface area (TPSA) is 102 Å². The van der Waals surface area contributed by atoms with Crippen molar-refractivity contribution in [3.05, 3.63) is 40.3 Å². The van der Waals surface area contributed by atoms with Crippen molar-refractivity contribution in [1.29, 1.82) is 0 Å². The minimum atomic E-state index is -0.552. The Morgan fingerprint density at radius 2 is 2.00 bits per heavy atom. The number of halogens is 2. The van der Waals surface area contributed by atoms with Crippen molar-refractivity contribution in [3.8, 4) is 12.3 Å². The molecule has 0 bridgehead atoms. The van der Waals surface area contributed by atoms with E-state index in [9.17, 15) is 14.0 Å². The van der Waals surface area contributed by atoms with E-state index in [1.165, 1.54) is 22.9 Å². The number of fused-ring (bicyclic) bond motifs is 1. The van der Waals surface area contributed by atoms with Gasteiger partial charge in [0.25, 0.3) is 5.91 Å². The number of anilines is 2. The molecule has 2 saturated carbocycles. The summed E-state index contributed by atoms with van der Waals surface area (Å²) in [4.78, 5) is 25.0.